The molecule has 0 saturated carbocycles. The fourth-order valence-electron chi connectivity index (χ4n) is 3.55. The van der Waals surface area contributed by atoms with Gasteiger partial charge >= 0.3 is 0 Å². The summed E-state index contributed by atoms with van der Waals surface area (Å²) in [6, 6.07) is 13.6. The van der Waals surface area contributed by atoms with Crippen LogP contribution in [0.5, 0.6) is 0 Å². The summed E-state index contributed by atoms with van der Waals surface area (Å²) < 4.78 is 5.38. The highest BCUT2D eigenvalue weighted by Gasteiger charge is 2.35. The van der Waals surface area contributed by atoms with Crippen molar-refractivity contribution >= 4 is 29.3 Å². The van der Waals surface area contributed by atoms with Crippen LogP contribution in [0.25, 0.3) is 6.08 Å². The van der Waals surface area contributed by atoms with Crippen molar-refractivity contribution in [3.63, 3.8) is 0 Å². The Balaban J connectivity index is 1.56. The Bertz CT molecular complexity index is 944. The Hall–Kier alpha value is -3.12. The number of hydrogen-bond acceptors (Lipinski definition) is 4. The number of nitrogens with one attached hydrogen (secondary N) is 1. The first-order valence-corrected chi connectivity index (χ1v) is 9.40. The number of anilines is 2. The molecule has 0 aromatic heterocycles. The highest BCUT2D eigenvalue weighted by Crippen LogP contribution is 2.26. The minimum absolute atomic E-state index is 0.138. The van der Waals surface area contributed by atoms with Gasteiger partial charge in [-0.25, -0.2) is 5.01 Å². The predicted molar refractivity (Wildman–Crippen MR) is 109 cm³/mol. The van der Waals surface area contributed by atoms with Crippen LogP contribution in [0.4, 0.5) is 11.4 Å². The second-order valence-corrected chi connectivity index (χ2v) is 7.12. The van der Waals surface area contributed by atoms with E-state index in [2.05, 4.69) is 10.3 Å². The minimum atomic E-state index is -0.387. The SMILES string of the molecule is Cc1ccc(N2NC(=O)/C(=C/c3ccc(N4CCOCC4)cc3)C2=O)c(C)c1. The second kappa shape index (κ2) is 7.48. The molecule has 0 unspecified atom stereocenters. The normalized spacial score (nSPS) is 18.7. The molecule has 0 aliphatic carbocycles. The zero-order valence-electron chi connectivity index (χ0n) is 16.1. The van der Waals surface area contributed by atoms with E-state index in [0.717, 1.165) is 48.7 Å². The fourth-order valence-corrected chi connectivity index (χ4v) is 3.55. The topological polar surface area (TPSA) is 61.9 Å². The van der Waals surface area contributed by atoms with E-state index < -0.39 is 0 Å². The molecule has 2 aromatic rings. The number of carbonyl (C=O) groups is 2. The van der Waals surface area contributed by atoms with E-state index in [1.165, 1.54) is 5.01 Å². The summed E-state index contributed by atoms with van der Waals surface area (Å²) in [7, 11) is 0. The Morgan fingerprint density at radius 1 is 1.00 bits per heavy atom. The zero-order chi connectivity index (χ0) is 19.7. The Labute approximate surface area is 164 Å². The average molecular weight is 377 g/mol. The van der Waals surface area contributed by atoms with Gasteiger partial charge in [-0.15, -0.1) is 0 Å². The lowest BCUT2D eigenvalue weighted by atomic mass is 10.1. The van der Waals surface area contributed by atoms with Crippen LogP contribution in [0.1, 0.15) is 16.7 Å². The summed E-state index contributed by atoms with van der Waals surface area (Å²) in [6.07, 6.45) is 1.64. The Morgan fingerprint density at radius 2 is 1.71 bits per heavy atom. The summed E-state index contributed by atoms with van der Waals surface area (Å²) >= 11 is 0. The summed E-state index contributed by atoms with van der Waals surface area (Å²) in [4.78, 5) is 27.5. The van der Waals surface area contributed by atoms with Crippen molar-refractivity contribution in [3.8, 4) is 0 Å². The van der Waals surface area contributed by atoms with Gasteiger partial charge in [-0.1, -0.05) is 29.8 Å². The van der Waals surface area contributed by atoms with Crippen LogP contribution in [-0.2, 0) is 14.3 Å². The lowest BCUT2D eigenvalue weighted by Crippen LogP contribution is -2.36. The quantitative estimate of drug-likeness (QED) is 0.660. The molecule has 4 rings (SSSR count). The average Bonchev–Trinajstić information content (AvgIpc) is 2.97. The number of nitrogens with zero attached hydrogens (tertiary/aromatic N) is 2. The van der Waals surface area contributed by atoms with E-state index in [9.17, 15) is 9.59 Å². The first-order chi connectivity index (χ1) is 13.5. The van der Waals surface area contributed by atoms with Crippen molar-refractivity contribution in [2.75, 3.05) is 36.2 Å². The standard InChI is InChI=1S/C22H23N3O3/c1-15-3-8-20(16(2)13-15)25-22(27)19(21(26)23-25)14-17-4-6-18(7-5-17)24-9-11-28-12-10-24/h3-8,13-14H,9-12H2,1-2H3,(H,23,26)/b19-14-. The van der Waals surface area contributed by atoms with Gasteiger partial charge in [-0.05, 0) is 49.2 Å². The van der Waals surface area contributed by atoms with Gasteiger partial charge in [0, 0.05) is 18.8 Å². The molecule has 28 heavy (non-hydrogen) atoms. The van der Waals surface area contributed by atoms with E-state index in [4.69, 9.17) is 4.74 Å². The number of ether oxygens (including phenoxy) is 1. The summed E-state index contributed by atoms with van der Waals surface area (Å²) in [5, 5.41) is 1.32. The number of rotatable bonds is 3. The van der Waals surface area contributed by atoms with Crippen LogP contribution >= 0.6 is 0 Å². The van der Waals surface area contributed by atoms with Crippen molar-refractivity contribution in [2.45, 2.75) is 13.8 Å². The van der Waals surface area contributed by atoms with Crippen molar-refractivity contribution in [1.29, 1.82) is 0 Å². The molecule has 2 saturated heterocycles. The highest BCUT2D eigenvalue weighted by atomic mass is 16.5. The van der Waals surface area contributed by atoms with Gasteiger partial charge in [0.15, 0.2) is 0 Å². The number of hydrazine groups is 1. The molecule has 2 heterocycles. The van der Waals surface area contributed by atoms with Crippen LogP contribution in [0, 0.1) is 13.8 Å². The Morgan fingerprint density at radius 3 is 2.39 bits per heavy atom. The molecule has 0 radical (unpaired) electrons. The maximum Gasteiger partial charge on any atom is 0.282 e. The van der Waals surface area contributed by atoms with Gasteiger partial charge in [0.05, 0.1) is 18.9 Å². The minimum Gasteiger partial charge on any atom is -0.378 e. The van der Waals surface area contributed by atoms with Gasteiger partial charge in [-0.3, -0.25) is 15.0 Å². The molecule has 6 nitrogen and oxygen atoms in total. The summed E-state index contributed by atoms with van der Waals surface area (Å²) in [5.74, 6) is -0.726. The molecule has 1 N–H and O–H groups in total. The van der Waals surface area contributed by atoms with Crippen molar-refractivity contribution in [1.82, 2.24) is 5.43 Å². The first kappa shape index (κ1) is 18.3. The highest BCUT2D eigenvalue weighted by molar-refractivity contribution is 6.31. The molecule has 2 aliphatic heterocycles. The van der Waals surface area contributed by atoms with Crippen LogP contribution in [0.2, 0.25) is 0 Å². The molecule has 2 fully saturated rings. The van der Waals surface area contributed by atoms with E-state index in [0.29, 0.717) is 5.69 Å². The van der Waals surface area contributed by atoms with Crippen molar-refractivity contribution in [2.24, 2.45) is 0 Å². The van der Waals surface area contributed by atoms with Crippen LogP contribution < -0.4 is 15.3 Å². The molecular formula is C22H23N3O3. The molecule has 144 valence electrons. The number of morpholine rings is 1. The van der Waals surface area contributed by atoms with Crippen LogP contribution in [0.15, 0.2) is 48.0 Å². The molecule has 0 bridgehead atoms. The number of benzene rings is 2. The zero-order valence-corrected chi connectivity index (χ0v) is 16.1. The molecule has 2 aromatic carbocycles. The number of amides is 2. The van der Waals surface area contributed by atoms with Gasteiger partial charge in [0.25, 0.3) is 11.8 Å². The van der Waals surface area contributed by atoms with E-state index >= 15 is 0 Å². The van der Waals surface area contributed by atoms with Gasteiger partial charge < -0.3 is 9.64 Å². The smallest absolute Gasteiger partial charge is 0.282 e. The molecule has 0 spiro atoms. The van der Waals surface area contributed by atoms with Gasteiger partial charge in [-0.2, -0.15) is 0 Å². The predicted octanol–water partition coefficient (Wildman–Crippen LogP) is 2.60. The Kier molecular flexibility index (Phi) is 4.88. The van der Waals surface area contributed by atoms with Crippen molar-refractivity contribution < 1.29 is 14.3 Å². The molecular weight excluding hydrogens is 354 g/mol. The maximum absolute atomic E-state index is 12.8. The monoisotopic (exact) mass is 377 g/mol. The van der Waals surface area contributed by atoms with Gasteiger partial charge in [0.1, 0.15) is 5.57 Å². The van der Waals surface area contributed by atoms with Crippen molar-refractivity contribution in [3.05, 3.63) is 64.7 Å². The molecule has 2 amide bonds. The van der Waals surface area contributed by atoms with E-state index in [-0.39, 0.29) is 17.4 Å². The largest absolute Gasteiger partial charge is 0.378 e. The molecule has 6 heteroatoms. The van der Waals surface area contributed by atoms with Crippen LogP contribution in [0.3, 0.4) is 0 Å². The first-order valence-electron chi connectivity index (χ1n) is 9.40. The second-order valence-electron chi connectivity index (χ2n) is 7.12. The number of aryl methyl sites for hydroxylation is 2. The third-order valence-corrected chi connectivity index (χ3v) is 5.06. The van der Waals surface area contributed by atoms with Gasteiger partial charge in [0.2, 0.25) is 0 Å². The third kappa shape index (κ3) is 3.51. The number of hydrogen-bond donors (Lipinski definition) is 1. The van der Waals surface area contributed by atoms with E-state index in [1.807, 2.05) is 56.3 Å². The lowest BCUT2D eigenvalue weighted by molar-refractivity contribution is -0.117. The lowest BCUT2D eigenvalue weighted by Gasteiger charge is -2.28. The van der Waals surface area contributed by atoms with E-state index in [1.54, 1.807) is 6.08 Å². The number of carbonyl (C=O) groups excluding carboxylic acids is 2. The fraction of sp³-hybridized carbons (Fsp3) is 0.273. The third-order valence-electron chi connectivity index (χ3n) is 5.06. The maximum atomic E-state index is 12.8. The summed E-state index contributed by atoms with van der Waals surface area (Å²) in [5.41, 5.74) is 7.47. The molecule has 0 atom stereocenters. The van der Waals surface area contributed by atoms with Crippen LogP contribution in [-0.4, -0.2) is 38.1 Å². The summed E-state index contributed by atoms with van der Waals surface area (Å²) in [6.45, 7) is 7.11. The molecule has 2 aliphatic rings.